The van der Waals surface area contributed by atoms with Gasteiger partial charge in [0.1, 0.15) is 7.14 Å². The molecule has 7 aromatic carbocycles. The molecular weight excluding hydrogens is 702 g/mol. The fraction of sp³-hybridized carbons (Fsp3) is 0.157. The fourth-order valence-electron chi connectivity index (χ4n) is 8.70. The zero-order valence-corrected chi connectivity index (χ0v) is 32.8. The van der Waals surface area contributed by atoms with Crippen molar-refractivity contribution in [2.75, 3.05) is 13.3 Å². The monoisotopic (exact) mass is 745 g/mol. The molecule has 1 heterocycles. The molecule has 0 bridgehead atoms. The van der Waals surface area contributed by atoms with Crippen LogP contribution in [0.4, 0.5) is 0 Å². The molecule has 56 heavy (non-hydrogen) atoms. The minimum absolute atomic E-state index is 0.0770. The first-order valence-electron chi connectivity index (χ1n) is 19.6. The highest BCUT2D eigenvalue weighted by Crippen LogP contribution is 2.46. The Labute approximate surface area is 329 Å². The standard InChI is InChI=1S/C51H44N3OP/c1-56(2,55)47-33-32-43(44-21-11-12-22-45(44)47)37-24-28-40(29-25-37)51(34-14-5-15-35-51)41-30-26-39(27-31-41)49-52-48(38-18-8-4-9-19-38)53-50(54-49)46-23-13-10-20-42(46)36-16-6-3-7-17-36/h3-4,6-13,16-33H,5,14-15,34-35H2,1-2H3. The molecule has 1 aliphatic rings. The van der Waals surface area contributed by atoms with Gasteiger partial charge in [0.25, 0.3) is 0 Å². The molecule has 0 spiro atoms. The Balaban J connectivity index is 1.09. The van der Waals surface area contributed by atoms with E-state index in [0.717, 1.165) is 56.7 Å². The van der Waals surface area contributed by atoms with Gasteiger partial charge in [-0.05, 0) is 70.3 Å². The Bertz CT molecular complexity index is 2700. The second-order valence-electron chi connectivity index (χ2n) is 15.4. The molecule has 0 amide bonds. The van der Waals surface area contributed by atoms with Crippen LogP contribution in [-0.4, -0.2) is 28.3 Å². The number of fused-ring (bicyclic) bond motifs is 1. The molecule has 0 unspecified atom stereocenters. The van der Waals surface area contributed by atoms with Crippen molar-refractivity contribution in [2.24, 2.45) is 0 Å². The van der Waals surface area contributed by atoms with E-state index in [9.17, 15) is 4.57 Å². The van der Waals surface area contributed by atoms with Crippen molar-refractivity contribution in [1.82, 2.24) is 15.0 Å². The molecule has 0 atom stereocenters. The number of benzene rings is 7. The van der Waals surface area contributed by atoms with E-state index in [1.165, 1.54) is 41.5 Å². The van der Waals surface area contributed by atoms with Gasteiger partial charge in [-0.1, -0.05) is 189 Å². The summed E-state index contributed by atoms with van der Waals surface area (Å²) in [6.45, 7) is 3.71. The first-order chi connectivity index (χ1) is 27.4. The normalized spacial score (nSPS) is 14.1. The highest BCUT2D eigenvalue weighted by Gasteiger charge is 2.36. The van der Waals surface area contributed by atoms with Crippen LogP contribution in [0.2, 0.25) is 0 Å². The maximum absolute atomic E-state index is 13.2. The van der Waals surface area contributed by atoms with Gasteiger partial charge in [0.05, 0.1) is 0 Å². The predicted octanol–water partition coefficient (Wildman–Crippen LogP) is 12.9. The van der Waals surface area contributed by atoms with Crippen molar-refractivity contribution in [2.45, 2.75) is 37.5 Å². The van der Waals surface area contributed by atoms with E-state index in [2.05, 4.69) is 133 Å². The molecule has 0 radical (unpaired) electrons. The second-order valence-corrected chi connectivity index (χ2v) is 18.6. The van der Waals surface area contributed by atoms with E-state index in [4.69, 9.17) is 15.0 Å². The first kappa shape index (κ1) is 35.7. The van der Waals surface area contributed by atoms with Crippen LogP contribution in [0, 0.1) is 0 Å². The topological polar surface area (TPSA) is 55.7 Å². The molecular formula is C51H44N3OP. The molecule has 1 fully saturated rings. The van der Waals surface area contributed by atoms with Crippen molar-refractivity contribution in [3.8, 4) is 56.4 Å². The van der Waals surface area contributed by atoms with Crippen LogP contribution in [0.15, 0.2) is 170 Å². The first-order valence-corrected chi connectivity index (χ1v) is 22.2. The third kappa shape index (κ3) is 6.80. The van der Waals surface area contributed by atoms with Gasteiger partial charge < -0.3 is 4.57 Å². The minimum Gasteiger partial charge on any atom is -0.319 e. The smallest absolute Gasteiger partial charge is 0.164 e. The van der Waals surface area contributed by atoms with Gasteiger partial charge in [0, 0.05) is 27.4 Å². The van der Waals surface area contributed by atoms with Crippen LogP contribution in [0.25, 0.3) is 67.2 Å². The van der Waals surface area contributed by atoms with E-state index in [-0.39, 0.29) is 5.41 Å². The molecule has 0 aliphatic heterocycles. The fourth-order valence-corrected chi connectivity index (χ4v) is 9.91. The largest absolute Gasteiger partial charge is 0.319 e. The molecule has 0 saturated heterocycles. The van der Waals surface area contributed by atoms with Crippen molar-refractivity contribution in [1.29, 1.82) is 0 Å². The zero-order valence-electron chi connectivity index (χ0n) is 31.9. The summed E-state index contributed by atoms with van der Waals surface area (Å²) in [5, 5.41) is 3.16. The molecule has 4 nitrogen and oxygen atoms in total. The number of nitrogens with zero attached hydrogens (tertiary/aromatic N) is 3. The maximum atomic E-state index is 13.2. The summed E-state index contributed by atoms with van der Waals surface area (Å²) < 4.78 is 13.2. The Kier molecular flexibility index (Phi) is 9.53. The summed E-state index contributed by atoms with van der Waals surface area (Å²) in [7, 11) is -2.43. The van der Waals surface area contributed by atoms with E-state index in [0.29, 0.717) is 17.5 Å². The van der Waals surface area contributed by atoms with Crippen LogP contribution >= 0.6 is 7.14 Å². The minimum atomic E-state index is -2.43. The summed E-state index contributed by atoms with van der Waals surface area (Å²) in [5.74, 6) is 1.97. The van der Waals surface area contributed by atoms with Crippen molar-refractivity contribution < 1.29 is 4.57 Å². The highest BCUT2D eigenvalue weighted by molar-refractivity contribution is 7.70. The molecule has 8 aromatic rings. The van der Waals surface area contributed by atoms with Gasteiger partial charge in [0.15, 0.2) is 17.5 Å². The maximum Gasteiger partial charge on any atom is 0.164 e. The van der Waals surface area contributed by atoms with Crippen LogP contribution in [0.5, 0.6) is 0 Å². The van der Waals surface area contributed by atoms with Crippen LogP contribution < -0.4 is 5.30 Å². The molecule has 274 valence electrons. The number of hydrogen-bond donors (Lipinski definition) is 0. The zero-order chi connectivity index (χ0) is 38.1. The van der Waals surface area contributed by atoms with Crippen LogP contribution in [0.3, 0.4) is 0 Å². The molecule has 0 N–H and O–H groups in total. The lowest BCUT2D eigenvalue weighted by molar-refractivity contribution is 0.346. The Hall–Kier alpha value is -5.96. The number of hydrogen-bond acceptors (Lipinski definition) is 4. The second kappa shape index (κ2) is 14.9. The van der Waals surface area contributed by atoms with Crippen LogP contribution in [0.1, 0.15) is 43.2 Å². The highest BCUT2D eigenvalue weighted by atomic mass is 31.2. The van der Waals surface area contributed by atoms with Gasteiger partial charge in [-0.3, -0.25) is 0 Å². The summed E-state index contributed by atoms with van der Waals surface area (Å²) in [5.41, 5.74) is 10.1. The molecule has 1 aromatic heterocycles. The lowest BCUT2D eigenvalue weighted by Crippen LogP contribution is -2.30. The average molecular weight is 746 g/mol. The summed E-state index contributed by atoms with van der Waals surface area (Å²) in [6, 6.07) is 59.8. The lowest BCUT2D eigenvalue weighted by atomic mass is 9.65. The number of rotatable bonds is 8. The van der Waals surface area contributed by atoms with Gasteiger partial charge in [0.2, 0.25) is 0 Å². The quantitative estimate of drug-likeness (QED) is 0.145. The molecule has 9 rings (SSSR count). The van der Waals surface area contributed by atoms with Gasteiger partial charge in [-0.25, -0.2) is 15.0 Å². The third-order valence-electron chi connectivity index (χ3n) is 11.6. The summed E-state index contributed by atoms with van der Waals surface area (Å²) in [6.07, 6.45) is 5.87. The van der Waals surface area contributed by atoms with Crippen molar-refractivity contribution in [3.05, 3.63) is 181 Å². The van der Waals surface area contributed by atoms with Crippen LogP contribution in [-0.2, 0) is 9.98 Å². The average Bonchev–Trinajstić information content (AvgIpc) is 3.26. The van der Waals surface area contributed by atoms with Crippen molar-refractivity contribution in [3.63, 3.8) is 0 Å². The molecule has 1 saturated carbocycles. The predicted molar refractivity (Wildman–Crippen MR) is 234 cm³/mol. The molecule has 1 aliphatic carbocycles. The summed E-state index contributed by atoms with van der Waals surface area (Å²) >= 11 is 0. The van der Waals surface area contributed by atoms with E-state index in [1.807, 2.05) is 49.7 Å². The third-order valence-corrected chi connectivity index (χ3v) is 13.1. The van der Waals surface area contributed by atoms with Gasteiger partial charge in [-0.2, -0.15) is 0 Å². The van der Waals surface area contributed by atoms with E-state index < -0.39 is 7.14 Å². The van der Waals surface area contributed by atoms with Gasteiger partial charge >= 0.3 is 0 Å². The molecule has 5 heteroatoms. The Morgan fingerprint density at radius 1 is 0.411 bits per heavy atom. The Morgan fingerprint density at radius 3 is 1.48 bits per heavy atom. The Morgan fingerprint density at radius 2 is 0.875 bits per heavy atom. The van der Waals surface area contributed by atoms with Gasteiger partial charge in [-0.15, -0.1) is 0 Å². The summed E-state index contributed by atoms with van der Waals surface area (Å²) in [4.78, 5) is 15.3. The van der Waals surface area contributed by atoms with E-state index in [1.54, 1.807) is 0 Å². The number of aromatic nitrogens is 3. The SMILES string of the molecule is CP(C)(=O)c1ccc(-c2ccc(C3(c4ccc(-c5nc(-c6ccccc6)nc(-c6ccccc6-c6ccccc6)n5)cc4)CCCCC3)cc2)c2ccccc12. The van der Waals surface area contributed by atoms with Crippen molar-refractivity contribution >= 4 is 23.2 Å². The lowest BCUT2D eigenvalue weighted by Gasteiger charge is -2.39. The van der Waals surface area contributed by atoms with E-state index >= 15 is 0 Å².